The predicted molar refractivity (Wildman–Crippen MR) is 202 cm³/mol. The van der Waals surface area contributed by atoms with Crippen LogP contribution < -0.4 is 10.9 Å². The van der Waals surface area contributed by atoms with E-state index in [2.05, 4.69) is 34.4 Å². The number of aromatic amines is 1. The molecule has 0 radical (unpaired) electrons. The van der Waals surface area contributed by atoms with E-state index in [0.29, 0.717) is 70.3 Å². The second-order valence-electron chi connectivity index (χ2n) is 14.1. The minimum atomic E-state index is -1.77. The molecular formula is C40H45N3O7S2. The molecule has 5 aromatic rings. The van der Waals surface area contributed by atoms with E-state index < -0.39 is 17.7 Å². The Morgan fingerprint density at radius 3 is 2.46 bits per heavy atom. The number of carbonyl (C=O) groups excluding carboxylic acids is 1. The second-order valence-corrected chi connectivity index (χ2v) is 16.0. The molecule has 2 aliphatic rings. The lowest BCUT2D eigenvalue weighted by Gasteiger charge is -2.29. The monoisotopic (exact) mass is 743 g/mol. The highest BCUT2D eigenvalue weighted by Crippen LogP contribution is 2.51. The Morgan fingerprint density at radius 1 is 1.02 bits per heavy atom. The number of pyridine rings is 1. The maximum Gasteiger partial charge on any atom is 0.349 e. The van der Waals surface area contributed by atoms with E-state index in [1.54, 1.807) is 24.3 Å². The summed E-state index contributed by atoms with van der Waals surface area (Å²) >= 11 is 2.73. The first-order valence-electron chi connectivity index (χ1n) is 17.8. The summed E-state index contributed by atoms with van der Waals surface area (Å²) < 4.78 is 12.2. The van der Waals surface area contributed by atoms with Gasteiger partial charge in [-0.25, -0.2) is 4.79 Å². The fourth-order valence-corrected chi connectivity index (χ4v) is 9.69. The molecule has 3 heterocycles. The minimum Gasteiger partial charge on any atom is -0.506 e. The van der Waals surface area contributed by atoms with Gasteiger partial charge in [-0.1, -0.05) is 42.5 Å². The molecule has 12 heteroatoms. The van der Waals surface area contributed by atoms with Gasteiger partial charge < -0.3 is 40.0 Å². The molecule has 2 saturated carbocycles. The molecule has 2 bridgehead atoms. The number of esters is 1. The Labute approximate surface area is 310 Å². The number of H-pyrrole nitrogens is 1. The van der Waals surface area contributed by atoms with Crippen LogP contribution in [0.2, 0.25) is 0 Å². The number of carbonyl (C=O) groups is 1. The number of aromatic nitrogens is 1. The number of likely N-dealkylation sites (N-methyl/N-ethyl adjacent to an activating group) is 1. The fourth-order valence-electron chi connectivity index (χ4n) is 7.97. The van der Waals surface area contributed by atoms with Gasteiger partial charge in [-0.15, -0.1) is 22.7 Å². The minimum absolute atomic E-state index is 0.0328. The van der Waals surface area contributed by atoms with Crippen molar-refractivity contribution in [3.8, 4) is 5.75 Å². The van der Waals surface area contributed by atoms with E-state index in [-0.39, 0.29) is 17.4 Å². The molecule has 274 valence electrons. The predicted octanol–water partition coefficient (Wildman–Crippen LogP) is 5.52. The number of thiophene rings is 2. The van der Waals surface area contributed by atoms with Gasteiger partial charge in [-0.2, -0.15) is 0 Å². The van der Waals surface area contributed by atoms with Crippen LogP contribution in [0.4, 0.5) is 0 Å². The van der Waals surface area contributed by atoms with Crippen LogP contribution in [0.25, 0.3) is 10.9 Å². The van der Waals surface area contributed by atoms with Crippen molar-refractivity contribution >= 4 is 39.5 Å². The summed E-state index contributed by atoms with van der Waals surface area (Å²) in [7, 11) is 2.12. The summed E-state index contributed by atoms with van der Waals surface area (Å²) in [6.45, 7) is 3.72. The van der Waals surface area contributed by atoms with Crippen LogP contribution in [0.3, 0.4) is 0 Å². The van der Waals surface area contributed by atoms with Crippen LogP contribution in [0.15, 0.2) is 88.4 Å². The van der Waals surface area contributed by atoms with E-state index in [1.807, 2.05) is 35.0 Å². The number of ether oxygens (including phenoxy) is 2. The first kappa shape index (κ1) is 36.5. The van der Waals surface area contributed by atoms with Gasteiger partial charge in [0.25, 0.3) is 0 Å². The molecule has 10 nitrogen and oxygen atoms in total. The molecule has 0 spiro atoms. The van der Waals surface area contributed by atoms with Crippen molar-refractivity contribution in [2.45, 2.75) is 50.2 Å². The van der Waals surface area contributed by atoms with E-state index in [9.17, 15) is 24.9 Å². The summed E-state index contributed by atoms with van der Waals surface area (Å²) in [5.74, 6) is 0.656. The number of phenols is 1. The zero-order valence-electron chi connectivity index (χ0n) is 29.1. The average molecular weight is 744 g/mol. The molecule has 2 aromatic carbocycles. The van der Waals surface area contributed by atoms with Crippen LogP contribution in [0.1, 0.15) is 51.8 Å². The Morgan fingerprint density at radius 2 is 1.75 bits per heavy atom. The highest BCUT2D eigenvalue weighted by molar-refractivity contribution is 7.12. The number of rotatable bonds is 16. The molecule has 5 N–H and O–H groups in total. The lowest BCUT2D eigenvalue weighted by Crippen LogP contribution is -2.40. The number of phenolic OH excluding ortho intramolecular Hbond substituents is 1. The van der Waals surface area contributed by atoms with E-state index >= 15 is 0 Å². The number of nitrogens with one attached hydrogen (secondary N) is 2. The van der Waals surface area contributed by atoms with Crippen molar-refractivity contribution in [2.75, 3.05) is 33.3 Å². The highest BCUT2D eigenvalue weighted by atomic mass is 32.1. The SMILES string of the molecule is CN(CCOCc1ccc(CNC[C@H](O)c2ccc(O)c3[nH]c(=O)ccc23)cc1)CC1C2CCC1C(OC(=O)C(O)(c1cccs1)c1cccs1)C2. The van der Waals surface area contributed by atoms with E-state index in [0.717, 1.165) is 43.5 Å². The Balaban J connectivity index is 0.830. The molecule has 0 saturated heterocycles. The van der Waals surface area contributed by atoms with Crippen LogP contribution in [-0.4, -0.2) is 70.6 Å². The molecule has 0 aliphatic heterocycles. The largest absolute Gasteiger partial charge is 0.506 e. The van der Waals surface area contributed by atoms with Gasteiger partial charge in [-0.3, -0.25) is 4.79 Å². The maximum absolute atomic E-state index is 13.6. The smallest absolute Gasteiger partial charge is 0.349 e. The first-order chi connectivity index (χ1) is 25.2. The molecule has 2 aliphatic carbocycles. The van der Waals surface area contributed by atoms with Crippen LogP contribution in [0.5, 0.6) is 5.75 Å². The zero-order chi connectivity index (χ0) is 36.2. The van der Waals surface area contributed by atoms with Crippen LogP contribution in [0, 0.1) is 17.8 Å². The number of fused-ring (bicyclic) bond motifs is 3. The first-order valence-corrected chi connectivity index (χ1v) is 19.6. The molecule has 52 heavy (non-hydrogen) atoms. The summed E-state index contributed by atoms with van der Waals surface area (Å²) in [4.78, 5) is 31.4. The standard InChI is InChI=1S/C40H45N3O7S2/c1-43(23-31-27-10-11-29(31)34(20-27)50-39(47)40(48,35-4-2-18-51-35)36-5-3-19-52-36)16-17-49-24-26-8-6-25(7-9-26)21-41-22-33(45)28-12-14-32(44)38-30(28)13-15-37(46)42-38/h2-9,12-15,18-19,27,29,31,33-34,41,44-45,48H,10-11,16-17,20-24H2,1H3,(H,42,46)/t27?,29?,31?,33-,34?/m0/s1. The van der Waals surface area contributed by atoms with Gasteiger partial charge in [0.1, 0.15) is 11.9 Å². The van der Waals surface area contributed by atoms with Crippen molar-refractivity contribution in [2.24, 2.45) is 17.8 Å². The Kier molecular flexibility index (Phi) is 11.2. The van der Waals surface area contributed by atoms with Gasteiger partial charge in [0, 0.05) is 43.5 Å². The average Bonchev–Trinajstić information content (AvgIpc) is 3.98. The van der Waals surface area contributed by atoms with Crippen molar-refractivity contribution < 1.29 is 29.6 Å². The summed E-state index contributed by atoms with van der Waals surface area (Å²) in [6, 6.07) is 21.6. The van der Waals surface area contributed by atoms with Crippen LogP contribution >= 0.6 is 22.7 Å². The van der Waals surface area contributed by atoms with Gasteiger partial charge in [-0.05, 0) is 89.9 Å². The van der Waals surface area contributed by atoms with E-state index in [4.69, 9.17) is 9.47 Å². The van der Waals surface area contributed by atoms with E-state index in [1.165, 1.54) is 34.8 Å². The van der Waals surface area contributed by atoms with Crippen LogP contribution in [-0.2, 0) is 33.0 Å². The lowest BCUT2D eigenvalue weighted by atomic mass is 9.95. The Hall–Kier alpha value is -3.88. The topological polar surface area (TPSA) is 144 Å². The summed E-state index contributed by atoms with van der Waals surface area (Å²) in [6.07, 6.45) is 2.05. The fraction of sp³-hybridized carbons (Fsp3) is 0.400. The zero-order valence-corrected chi connectivity index (χ0v) is 30.7. The van der Waals surface area contributed by atoms with Gasteiger partial charge in [0.2, 0.25) is 11.2 Å². The quantitative estimate of drug-likeness (QED) is 0.0652. The third kappa shape index (κ3) is 7.74. The second kappa shape index (κ2) is 16.0. The molecular weight excluding hydrogens is 699 g/mol. The number of aromatic hydroxyl groups is 1. The molecule has 4 unspecified atom stereocenters. The molecule has 3 aromatic heterocycles. The number of hydrogen-bond acceptors (Lipinski definition) is 11. The highest BCUT2D eigenvalue weighted by Gasteiger charge is 2.52. The van der Waals surface area contributed by atoms with Crippen molar-refractivity contribution in [1.29, 1.82) is 0 Å². The third-order valence-corrected chi connectivity index (χ3v) is 12.7. The molecule has 0 amide bonds. The van der Waals surface area contributed by atoms with Crippen molar-refractivity contribution in [3.05, 3.63) is 120 Å². The number of aliphatic hydroxyl groups is 2. The Bertz CT molecular complexity index is 1960. The summed E-state index contributed by atoms with van der Waals surface area (Å²) in [5, 5.41) is 40.2. The maximum atomic E-state index is 13.6. The van der Waals surface area contributed by atoms with Gasteiger partial charge in [0.05, 0.1) is 34.6 Å². The third-order valence-electron chi connectivity index (χ3n) is 10.7. The number of nitrogens with zero attached hydrogens (tertiary/aromatic N) is 1. The molecule has 7 rings (SSSR count). The number of aliphatic hydroxyl groups excluding tert-OH is 1. The normalized spacial score (nSPS) is 20.5. The number of benzene rings is 2. The molecule has 2 fully saturated rings. The number of hydrogen-bond donors (Lipinski definition) is 5. The molecule has 5 atom stereocenters. The van der Waals surface area contributed by atoms with Gasteiger partial charge >= 0.3 is 5.97 Å². The van der Waals surface area contributed by atoms with Crippen molar-refractivity contribution in [1.82, 2.24) is 15.2 Å². The van der Waals surface area contributed by atoms with Crippen molar-refractivity contribution in [3.63, 3.8) is 0 Å². The summed E-state index contributed by atoms with van der Waals surface area (Å²) in [5.41, 5.74) is 1.02. The lowest BCUT2D eigenvalue weighted by molar-refractivity contribution is -0.170. The van der Waals surface area contributed by atoms with Gasteiger partial charge in [0.15, 0.2) is 0 Å².